The van der Waals surface area contributed by atoms with E-state index in [2.05, 4.69) is 15.5 Å². The molecule has 0 saturated heterocycles. The van der Waals surface area contributed by atoms with Gasteiger partial charge in [-0.25, -0.2) is 4.39 Å². The molecule has 0 bridgehead atoms. The summed E-state index contributed by atoms with van der Waals surface area (Å²) in [5.74, 6) is 0.870. The van der Waals surface area contributed by atoms with Crippen LogP contribution < -0.4 is 14.8 Å². The molecule has 5 rings (SSSR count). The maximum absolute atomic E-state index is 14.8. The molecular weight excluding hydrogens is 479 g/mol. The first-order valence-electron chi connectivity index (χ1n) is 10.3. The Kier molecular flexibility index (Phi) is 6.12. The van der Waals surface area contributed by atoms with Crippen molar-refractivity contribution in [2.24, 2.45) is 0 Å². The van der Waals surface area contributed by atoms with Crippen LogP contribution in [0, 0.1) is 5.82 Å². The highest BCUT2D eigenvalue weighted by Crippen LogP contribution is 2.36. The third-order valence-corrected chi connectivity index (χ3v) is 6.51. The number of para-hydroxylation sites is 1. The number of hydrogen-bond donors (Lipinski definition) is 1. The van der Waals surface area contributed by atoms with E-state index in [4.69, 9.17) is 21.1 Å². The Balaban J connectivity index is 1.45. The van der Waals surface area contributed by atoms with Crippen LogP contribution in [0.25, 0.3) is 17.1 Å². The van der Waals surface area contributed by atoms with Crippen LogP contribution in [0.2, 0.25) is 5.02 Å². The van der Waals surface area contributed by atoms with E-state index in [1.54, 1.807) is 66.1 Å². The Labute approximate surface area is 203 Å². The Bertz CT molecular complexity index is 1380. The SMILES string of the molecule is C[C@H](Sc1nnc(-c2ccccc2Cl)n1-c1ccccc1F)C(=O)Nc1ccc2c(c1)OCO2. The minimum Gasteiger partial charge on any atom is -0.454 e. The first-order chi connectivity index (χ1) is 16.5. The number of hydrogen-bond acceptors (Lipinski definition) is 6. The predicted molar refractivity (Wildman–Crippen MR) is 128 cm³/mol. The molecule has 7 nitrogen and oxygen atoms in total. The number of rotatable bonds is 6. The third-order valence-electron chi connectivity index (χ3n) is 5.13. The van der Waals surface area contributed by atoms with Crippen LogP contribution in [0.3, 0.4) is 0 Å². The first kappa shape index (κ1) is 22.2. The van der Waals surface area contributed by atoms with Crippen molar-refractivity contribution in [3.05, 3.63) is 77.6 Å². The molecule has 0 aliphatic carbocycles. The average molecular weight is 497 g/mol. The highest BCUT2D eigenvalue weighted by atomic mass is 35.5. The third kappa shape index (κ3) is 4.32. The smallest absolute Gasteiger partial charge is 0.237 e. The highest BCUT2D eigenvalue weighted by Gasteiger charge is 2.24. The van der Waals surface area contributed by atoms with Crippen molar-refractivity contribution in [3.63, 3.8) is 0 Å². The predicted octanol–water partition coefficient (Wildman–Crippen LogP) is 5.57. The van der Waals surface area contributed by atoms with Gasteiger partial charge < -0.3 is 14.8 Å². The molecule has 3 aromatic carbocycles. The van der Waals surface area contributed by atoms with Crippen LogP contribution >= 0.6 is 23.4 Å². The molecule has 0 fully saturated rings. The lowest BCUT2D eigenvalue weighted by atomic mass is 10.2. The minimum atomic E-state index is -0.570. The summed E-state index contributed by atoms with van der Waals surface area (Å²) in [7, 11) is 0. The lowest BCUT2D eigenvalue weighted by Gasteiger charge is -2.15. The van der Waals surface area contributed by atoms with Gasteiger partial charge in [-0.3, -0.25) is 9.36 Å². The van der Waals surface area contributed by atoms with E-state index in [0.29, 0.717) is 38.8 Å². The number of carbonyl (C=O) groups excluding carboxylic acids is 1. The molecular formula is C24H18ClFN4O3S. The van der Waals surface area contributed by atoms with Crippen molar-refractivity contribution in [3.8, 4) is 28.6 Å². The molecule has 1 aliphatic heterocycles. The molecule has 34 heavy (non-hydrogen) atoms. The van der Waals surface area contributed by atoms with E-state index in [1.807, 2.05) is 6.07 Å². The number of thioether (sulfide) groups is 1. The molecule has 1 atom stereocenters. The van der Waals surface area contributed by atoms with E-state index in [9.17, 15) is 9.18 Å². The van der Waals surface area contributed by atoms with Crippen molar-refractivity contribution in [1.82, 2.24) is 14.8 Å². The Morgan fingerprint density at radius 3 is 2.68 bits per heavy atom. The van der Waals surface area contributed by atoms with E-state index in [1.165, 1.54) is 6.07 Å². The fourth-order valence-corrected chi connectivity index (χ4v) is 4.52. The zero-order valence-electron chi connectivity index (χ0n) is 17.9. The van der Waals surface area contributed by atoms with Gasteiger partial charge in [-0.1, -0.05) is 47.6 Å². The summed E-state index contributed by atoms with van der Waals surface area (Å²) in [6.45, 7) is 1.89. The van der Waals surface area contributed by atoms with Crippen LogP contribution in [0.5, 0.6) is 11.5 Å². The summed E-state index contributed by atoms with van der Waals surface area (Å²) in [5, 5.41) is 11.6. The quantitative estimate of drug-likeness (QED) is 0.351. The number of carbonyl (C=O) groups is 1. The van der Waals surface area contributed by atoms with Crippen LogP contribution in [0.1, 0.15) is 6.92 Å². The van der Waals surface area contributed by atoms with Gasteiger partial charge in [-0.15, -0.1) is 10.2 Å². The van der Waals surface area contributed by atoms with Gasteiger partial charge in [0.1, 0.15) is 5.82 Å². The largest absolute Gasteiger partial charge is 0.454 e. The lowest BCUT2D eigenvalue weighted by molar-refractivity contribution is -0.115. The molecule has 0 unspecified atom stereocenters. The van der Waals surface area contributed by atoms with Gasteiger partial charge in [-0.05, 0) is 43.3 Å². The number of benzene rings is 3. The maximum Gasteiger partial charge on any atom is 0.237 e. The summed E-state index contributed by atoms with van der Waals surface area (Å²) < 4.78 is 27.0. The molecule has 2 heterocycles. The average Bonchev–Trinajstić information content (AvgIpc) is 3.46. The Morgan fingerprint density at radius 2 is 1.85 bits per heavy atom. The number of ether oxygens (including phenoxy) is 2. The second-order valence-corrected chi connectivity index (χ2v) is 9.11. The van der Waals surface area contributed by atoms with Gasteiger partial charge in [0.25, 0.3) is 0 Å². The standard InChI is InChI=1S/C24H18ClFN4O3S/c1-14(23(31)27-15-10-11-20-21(12-15)33-13-32-20)34-24-29-28-22(16-6-2-3-7-17(16)25)30(24)19-9-5-4-8-18(19)26/h2-12,14H,13H2,1H3,(H,27,31)/t14-/m0/s1. The van der Waals surface area contributed by atoms with E-state index < -0.39 is 11.1 Å². The van der Waals surface area contributed by atoms with Gasteiger partial charge in [-0.2, -0.15) is 0 Å². The monoisotopic (exact) mass is 496 g/mol. The van der Waals surface area contributed by atoms with Crippen molar-refractivity contribution >= 4 is 35.0 Å². The fraction of sp³-hybridized carbons (Fsp3) is 0.125. The number of amides is 1. The molecule has 10 heteroatoms. The molecule has 1 N–H and O–H groups in total. The summed E-state index contributed by atoms with van der Waals surface area (Å²) in [6, 6.07) is 18.6. The summed E-state index contributed by atoms with van der Waals surface area (Å²) in [6.07, 6.45) is 0. The second-order valence-electron chi connectivity index (χ2n) is 7.39. The summed E-state index contributed by atoms with van der Waals surface area (Å²) >= 11 is 7.55. The minimum absolute atomic E-state index is 0.151. The lowest BCUT2D eigenvalue weighted by Crippen LogP contribution is -2.23. The van der Waals surface area contributed by atoms with Crippen molar-refractivity contribution in [2.75, 3.05) is 12.1 Å². The topological polar surface area (TPSA) is 78.3 Å². The molecule has 0 radical (unpaired) electrons. The molecule has 172 valence electrons. The number of nitrogens with one attached hydrogen (secondary N) is 1. The Hall–Kier alpha value is -3.56. The number of aromatic nitrogens is 3. The van der Waals surface area contributed by atoms with Crippen LogP contribution in [-0.4, -0.2) is 32.7 Å². The first-order valence-corrected chi connectivity index (χ1v) is 11.6. The van der Waals surface area contributed by atoms with Crippen LogP contribution in [0.15, 0.2) is 71.9 Å². The zero-order valence-corrected chi connectivity index (χ0v) is 19.4. The number of fused-ring (bicyclic) bond motifs is 1. The maximum atomic E-state index is 14.8. The molecule has 0 saturated carbocycles. The van der Waals surface area contributed by atoms with E-state index in [0.717, 1.165) is 11.8 Å². The number of halogens is 2. The second kappa shape index (κ2) is 9.36. The van der Waals surface area contributed by atoms with Crippen molar-refractivity contribution in [2.45, 2.75) is 17.3 Å². The van der Waals surface area contributed by atoms with Gasteiger partial charge in [0.05, 0.1) is 16.0 Å². The summed E-state index contributed by atoms with van der Waals surface area (Å²) in [5.41, 5.74) is 1.44. The van der Waals surface area contributed by atoms with Crippen LogP contribution in [0.4, 0.5) is 10.1 Å². The zero-order chi connectivity index (χ0) is 23.7. The molecule has 1 amide bonds. The molecule has 1 aromatic heterocycles. The number of nitrogens with zero attached hydrogens (tertiary/aromatic N) is 3. The molecule has 0 spiro atoms. The molecule has 4 aromatic rings. The fourth-order valence-electron chi connectivity index (χ4n) is 3.44. The number of anilines is 1. The van der Waals surface area contributed by atoms with E-state index in [-0.39, 0.29) is 18.4 Å². The van der Waals surface area contributed by atoms with Crippen molar-refractivity contribution < 1.29 is 18.7 Å². The highest BCUT2D eigenvalue weighted by molar-refractivity contribution is 8.00. The van der Waals surface area contributed by atoms with Crippen molar-refractivity contribution in [1.29, 1.82) is 0 Å². The van der Waals surface area contributed by atoms with E-state index >= 15 is 0 Å². The van der Waals surface area contributed by atoms with Gasteiger partial charge in [0.15, 0.2) is 22.5 Å². The van der Waals surface area contributed by atoms with Crippen LogP contribution in [-0.2, 0) is 4.79 Å². The van der Waals surface area contributed by atoms with Gasteiger partial charge >= 0.3 is 0 Å². The normalized spacial score (nSPS) is 13.0. The summed E-state index contributed by atoms with van der Waals surface area (Å²) in [4.78, 5) is 12.9. The molecule has 1 aliphatic rings. The Morgan fingerprint density at radius 1 is 1.09 bits per heavy atom. The van der Waals surface area contributed by atoms with Gasteiger partial charge in [0.2, 0.25) is 12.7 Å². The van der Waals surface area contributed by atoms with Gasteiger partial charge in [0, 0.05) is 17.3 Å².